The standard InChI is InChI=1S/C10H19N.CH5N/c1-4-10-5-7-11(8-6-10)9(2)3;1-2/h10H,2,4-8H2,1,3H3;2H2,1H3. The predicted molar refractivity (Wildman–Crippen MR) is 59.5 cm³/mol. The molecular weight excluding hydrogens is 160 g/mol. The third-order valence-corrected chi connectivity index (χ3v) is 2.73. The van der Waals surface area contributed by atoms with Gasteiger partial charge < -0.3 is 10.6 Å². The Bertz CT molecular complexity index is 135. The van der Waals surface area contributed by atoms with Crippen LogP contribution in [0.25, 0.3) is 0 Å². The van der Waals surface area contributed by atoms with E-state index in [4.69, 9.17) is 0 Å². The molecule has 0 aromatic carbocycles. The number of likely N-dealkylation sites (tertiary alicyclic amines) is 1. The highest BCUT2D eigenvalue weighted by Crippen LogP contribution is 2.21. The molecule has 2 N–H and O–H groups in total. The molecule has 1 aliphatic rings. The highest BCUT2D eigenvalue weighted by atomic mass is 15.1. The van der Waals surface area contributed by atoms with Crippen LogP contribution < -0.4 is 5.73 Å². The fourth-order valence-electron chi connectivity index (χ4n) is 1.72. The number of piperidine rings is 1. The predicted octanol–water partition coefficient (Wildman–Crippen LogP) is 2.22. The molecule has 1 rings (SSSR count). The van der Waals surface area contributed by atoms with Gasteiger partial charge in [-0.05, 0) is 32.7 Å². The van der Waals surface area contributed by atoms with Crippen molar-refractivity contribution in [3.05, 3.63) is 12.3 Å². The second-order valence-electron chi connectivity index (χ2n) is 3.57. The van der Waals surface area contributed by atoms with Crippen molar-refractivity contribution in [2.24, 2.45) is 11.7 Å². The van der Waals surface area contributed by atoms with Crippen molar-refractivity contribution in [3.8, 4) is 0 Å². The molecule has 78 valence electrons. The van der Waals surface area contributed by atoms with Gasteiger partial charge in [-0.3, -0.25) is 0 Å². The maximum Gasteiger partial charge on any atom is 0.0177 e. The van der Waals surface area contributed by atoms with Gasteiger partial charge in [0.05, 0.1) is 0 Å². The number of hydrogen-bond donors (Lipinski definition) is 1. The van der Waals surface area contributed by atoms with Crippen molar-refractivity contribution >= 4 is 0 Å². The summed E-state index contributed by atoms with van der Waals surface area (Å²) in [5.41, 5.74) is 5.74. The van der Waals surface area contributed by atoms with Gasteiger partial charge >= 0.3 is 0 Å². The molecule has 13 heavy (non-hydrogen) atoms. The first-order valence-corrected chi connectivity index (χ1v) is 5.22. The lowest BCUT2D eigenvalue weighted by Gasteiger charge is -2.33. The maximum atomic E-state index is 4.50. The van der Waals surface area contributed by atoms with Gasteiger partial charge in [0.2, 0.25) is 0 Å². The van der Waals surface area contributed by atoms with Crippen LogP contribution in [0.1, 0.15) is 33.1 Å². The summed E-state index contributed by atoms with van der Waals surface area (Å²) in [6, 6.07) is 0. The molecule has 0 bridgehead atoms. The summed E-state index contributed by atoms with van der Waals surface area (Å²) < 4.78 is 0. The molecule has 0 saturated carbocycles. The lowest BCUT2D eigenvalue weighted by Crippen LogP contribution is -2.31. The summed E-state index contributed by atoms with van der Waals surface area (Å²) in [7, 11) is 1.50. The average molecular weight is 184 g/mol. The number of allylic oxidation sites excluding steroid dienone is 1. The van der Waals surface area contributed by atoms with E-state index in [0.717, 1.165) is 5.92 Å². The molecule has 2 heteroatoms. The Labute approximate surface area is 82.8 Å². The van der Waals surface area contributed by atoms with E-state index < -0.39 is 0 Å². The number of hydrogen-bond acceptors (Lipinski definition) is 2. The van der Waals surface area contributed by atoms with E-state index in [-0.39, 0.29) is 0 Å². The first-order valence-electron chi connectivity index (χ1n) is 5.22. The smallest absolute Gasteiger partial charge is 0.0177 e. The molecule has 0 aliphatic carbocycles. The van der Waals surface area contributed by atoms with Gasteiger partial charge in [0, 0.05) is 18.8 Å². The van der Waals surface area contributed by atoms with E-state index in [0.29, 0.717) is 0 Å². The fourth-order valence-corrected chi connectivity index (χ4v) is 1.72. The van der Waals surface area contributed by atoms with Crippen molar-refractivity contribution in [2.75, 3.05) is 20.1 Å². The van der Waals surface area contributed by atoms with Gasteiger partial charge in [0.25, 0.3) is 0 Å². The number of rotatable bonds is 2. The Hall–Kier alpha value is -0.500. The first kappa shape index (κ1) is 12.5. The molecular formula is C11H24N2. The van der Waals surface area contributed by atoms with Gasteiger partial charge in [-0.25, -0.2) is 0 Å². The van der Waals surface area contributed by atoms with Crippen LogP contribution in [0.5, 0.6) is 0 Å². The van der Waals surface area contributed by atoms with E-state index >= 15 is 0 Å². The second-order valence-corrected chi connectivity index (χ2v) is 3.57. The van der Waals surface area contributed by atoms with Crippen LogP contribution in [0, 0.1) is 5.92 Å². The van der Waals surface area contributed by atoms with Crippen molar-refractivity contribution in [2.45, 2.75) is 33.1 Å². The minimum Gasteiger partial charge on any atom is -0.376 e. The van der Waals surface area contributed by atoms with Crippen LogP contribution in [-0.2, 0) is 0 Å². The Balaban J connectivity index is 0.000000671. The van der Waals surface area contributed by atoms with Crippen LogP contribution >= 0.6 is 0 Å². The maximum absolute atomic E-state index is 4.50. The Kier molecular flexibility index (Phi) is 6.69. The van der Waals surface area contributed by atoms with E-state index in [1.807, 2.05) is 0 Å². The van der Waals surface area contributed by atoms with Gasteiger partial charge in [-0.2, -0.15) is 0 Å². The zero-order valence-electron chi connectivity index (χ0n) is 9.34. The molecule has 0 unspecified atom stereocenters. The van der Waals surface area contributed by atoms with Crippen molar-refractivity contribution in [1.29, 1.82) is 0 Å². The van der Waals surface area contributed by atoms with Crippen molar-refractivity contribution in [1.82, 2.24) is 4.90 Å². The fraction of sp³-hybridized carbons (Fsp3) is 0.818. The summed E-state index contributed by atoms with van der Waals surface area (Å²) in [5, 5.41) is 0. The lowest BCUT2D eigenvalue weighted by atomic mass is 9.94. The molecule has 1 heterocycles. The van der Waals surface area contributed by atoms with Crippen molar-refractivity contribution < 1.29 is 0 Å². The quantitative estimate of drug-likeness (QED) is 0.713. The average Bonchev–Trinajstić information content (AvgIpc) is 2.21. The van der Waals surface area contributed by atoms with Gasteiger partial charge in [-0.1, -0.05) is 19.9 Å². The zero-order chi connectivity index (χ0) is 10.3. The minimum atomic E-state index is 0.977. The van der Waals surface area contributed by atoms with Crippen molar-refractivity contribution in [3.63, 3.8) is 0 Å². The van der Waals surface area contributed by atoms with Gasteiger partial charge in [-0.15, -0.1) is 0 Å². The molecule has 0 amide bonds. The Morgan fingerprint density at radius 1 is 1.38 bits per heavy atom. The molecule has 0 spiro atoms. The molecule has 0 aromatic heterocycles. The number of nitrogens with zero attached hydrogens (tertiary/aromatic N) is 1. The van der Waals surface area contributed by atoms with E-state index in [1.54, 1.807) is 0 Å². The summed E-state index contributed by atoms with van der Waals surface area (Å²) in [6.07, 6.45) is 4.08. The third kappa shape index (κ3) is 4.32. The van der Waals surface area contributed by atoms with Crippen LogP contribution in [-0.4, -0.2) is 25.0 Å². The summed E-state index contributed by atoms with van der Waals surface area (Å²) >= 11 is 0. The van der Waals surface area contributed by atoms with E-state index in [9.17, 15) is 0 Å². The topological polar surface area (TPSA) is 29.3 Å². The number of nitrogens with two attached hydrogens (primary N) is 1. The summed E-state index contributed by atoms with van der Waals surface area (Å²) in [4.78, 5) is 2.40. The highest BCUT2D eigenvalue weighted by Gasteiger charge is 2.16. The molecule has 0 radical (unpaired) electrons. The summed E-state index contributed by atoms with van der Waals surface area (Å²) in [6.45, 7) is 10.8. The zero-order valence-corrected chi connectivity index (χ0v) is 9.34. The second kappa shape index (κ2) is 6.96. The molecule has 1 saturated heterocycles. The lowest BCUT2D eigenvalue weighted by molar-refractivity contribution is 0.224. The van der Waals surface area contributed by atoms with Crippen LogP contribution in [0.3, 0.4) is 0 Å². The highest BCUT2D eigenvalue weighted by molar-refractivity contribution is 4.90. The van der Waals surface area contributed by atoms with E-state index in [1.165, 1.54) is 45.1 Å². The minimum absolute atomic E-state index is 0.977. The normalized spacial score (nSPS) is 17.7. The molecule has 1 aliphatic heterocycles. The first-order chi connectivity index (χ1) is 6.24. The SMILES string of the molecule is C=C(C)N1CCC(CC)CC1.CN. The Morgan fingerprint density at radius 3 is 2.15 bits per heavy atom. The molecule has 0 aromatic rings. The van der Waals surface area contributed by atoms with Crippen LogP contribution in [0.2, 0.25) is 0 Å². The third-order valence-electron chi connectivity index (χ3n) is 2.73. The molecule has 2 nitrogen and oxygen atoms in total. The summed E-state index contributed by atoms with van der Waals surface area (Å²) in [5.74, 6) is 0.977. The van der Waals surface area contributed by atoms with Gasteiger partial charge in [0.15, 0.2) is 0 Å². The largest absolute Gasteiger partial charge is 0.376 e. The Morgan fingerprint density at radius 2 is 1.85 bits per heavy atom. The van der Waals surface area contributed by atoms with Crippen LogP contribution in [0.4, 0.5) is 0 Å². The molecule has 1 fully saturated rings. The van der Waals surface area contributed by atoms with E-state index in [2.05, 4.69) is 31.1 Å². The monoisotopic (exact) mass is 184 g/mol. The van der Waals surface area contributed by atoms with Crippen LogP contribution in [0.15, 0.2) is 12.3 Å². The van der Waals surface area contributed by atoms with Gasteiger partial charge in [0.1, 0.15) is 0 Å². The molecule has 0 atom stereocenters.